The van der Waals surface area contributed by atoms with Crippen LogP contribution >= 0.6 is 0 Å². The average molecular weight is 418 g/mol. The quantitative estimate of drug-likeness (QED) is 0.392. The van der Waals surface area contributed by atoms with E-state index in [4.69, 9.17) is 13.9 Å². The van der Waals surface area contributed by atoms with Crippen LogP contribution in [0, 0.1) is 0 Å². The van der Waals surface area contributed by atoms with Gasteiger partial charge in [0.15, 0.2) is 17.1 Å². The van der Waals surface area contributed by atoms with Crippen molar-refractivity contribution in [3.05, 3.63) is 95.7 Å². The highest BCUT2D eigenvalue weighted by Gasteiger charge is 2.34. The van der Waals surface area contributed by atoms with Gasteiger partial charge in [-0.3, -0.25) is 0 Å². The summed E-state index contributed by atoms with van der Waals surface area (Å²) in [6.07, 6.45) is 0.783. The third-order valence-corrected chi connectivity index (χ3v) is 5.50. The first kappa shape index (κ1) is 21.0. The Labute approximate surface area is 182 Å². The van der Waals surface area contributed by atoms with Crippen molar-refractivity contribution >= 4 is 11.0 Å². The molecule has 4 aromatic rings. The maximum absolute atomic E-state index is 11.7. The van der Waals surface area contributed by atoms with E-state index in [1.807, 2.05) is 78.9 Å². The van der Waals surface area contributed by atoms with Crippen molar-refractivity contribution in [2.24, 2.45) is 0 Å². The fraction of sp³-hybridized carbons (Fsp3) is 0.231. The van der Waals surface area contributed by atoms with Gasteiger partial charge in [-0.25, -0.2) is 0 Å². The normalized spacial score (nSPS) is 13.1. The van der Waals surface area contributed by atoms with Gasteiger partial charge in [0.05, 0.1) is 14.2 Å². The van der Waals surface area contributed by atoms with E-state index in [1.54, 1.807) is 14.2 Å². The van der Waals surface area contributed by atoms with Crippen molar-refractivity contribution in [3.8, 4) is 11.5 Å². The van der Waals surface area contributed by atoms with Crippen molar-refractivity contribution in [1.82, 2.24) is 5.32 Å². The minimum Gasteiger partial charge on any atom is -0.493 e. The molecule has 160 valence electrons. The van der Waals surface area contributed by atoms with Crippen LogP contribution in [-0.2, 0) is 12.0 Å². The Morgan fingerprint density at radius 3 is 2.35 bits per heavy atom. The number of hydrogen-bond acceptors (Lipinski definition) is 5. The number of hydrogen-bond donors (Lipinski definition) is 2. The molecule has 2 N–H and O–H groups in total. The Morgan fingerprint density at radius 2 is 1.61 bits per heavy atom. The summed E-state index contributed by atoms with van der Waals surface area (Å²) in [5.74, 6) is 1.95. The van der Waals surface area contributed by atoms with Crippen LogP contribution in [0.5, 0.6) is 11.5 Å². The van der Waals surface area contributed by atoms with E-state index in [2.05, 4.69) is 5.32 Å². The zero-order valence-electron chi connectivity index (χ0n) is 17.8. The maximum Gasteiger partial charge on any atom is 0.160 e. The number of aliphatic hydroxyl groups is 1. The highest BCUT2D eigenvalue weighted by atomic mass is 16.5. The van der Waals surface area contributed by atoms with E-state index in [0.717, 1.165) is 28.5 Å². The molecule has 1 heterocycles. The van der Waals surface area contributed by atoms with Crippen molar-refractivity contribution in [2.45, 2.75) is 12.0 Å². The van der Waals surface area contributed by atoms with Crippen LogP contribution in [0.15, 0.2) is 83.3 Å². The minimum atomic E-state index is -1.28. The molecule has 0 radical (unpaired) electrons. The van der Waals surface area contributed by atoms with Crippen molar-refractivity contribution in [1.29, 1.82) is 0 Å². The molecule has 1 aromatic heterocycles. The average Bonchev–Trinajstić information content (AvgIpc) is 3.27. The molecular weight excluding hydrogens is 390 g/mol. The molecule has 0 aliphatic heterocycles. The van der Waals surface area contributed by atoms with Gasteiger partial charge >= 0.3 is 0 Å². The zero-order valence-corrected chi connectivity index (χ0v) is 17.8. The van der Waals surface area contributed by atoms with Crippen LogP contribution in [0.3, 0.4) is 0 Å². The predicted molar refractivity (Wildman–Crippen MR) is 122 cm³/mol. The van der Waals surface area contributed by atoms with E-state index >= 15 is 0 Å². The van der Waals surface area contributed by atoms with Crippen LogP contribution in [0.1, 0.15) is 16.9 Å². The van der Waals surface area contributed by atoms with Gasteiger partial charge in [-0.2, -0.15) is 0 Å². The highest BCUT2D eigenvalue weighted by molar-refractivity contribution is 5.78. The number of rotatable bonds is 9. The first-order chi connectivity index (χ1) is 15.1. The molecule has 5 heteroatoms. The first-order valence-corrected chi connectivity index (χ1v) is 10.3. The summed E-state index contributed by atoms with van der Waals surface area (Å²) < 4.78 is 16.7. The number of ether oxygens (including phenoxy) is 2. The van der Waals surface area contributed by atoms with Gasteiger partial charge in [0.2, 0.25) is 0 Å². The van der Waals surface area contributed by atoms with Crippen LogP contribution < -0.4 is 14.8 Å². The van der Waals surface area contributed by atoms with Crippen LogP contribution in [0.2, 0.25) is 0 Å². The molecule has 0 bridgehead atoms. The largest absolute Gasteiger partial charge is 0.493 e. The summed E-state index contributed by atoms with van der Waals surface area (Å²) >= 11 is 0. The Hall–Kier alpha value is -3.28. The van der Waals surface area contributed by atoms with Gasteiger partial charge in [-0.1, -0.05) is 54.6 Å². The Kier molecular flexibility index (Phi) is 6.26. The standard InChI is InChI=1S/C26H27NO4/c1-29-23-13-12-19(16-24(23)30-2)14-15-27-18-26(28,21-9-4-3-5-10-21)25-17-20-8-6-7-11-22(20)31-25/h3-13,16-17,27-28H,14-15,18H2,1-2H3/t26-/m0/s1. The number of para-hydroxylation sites is 1. The fourth-order valence-corrected chi connectivity index (χ4v) is 3.77. The molecule has 0 saturated carbocycles. The molecular formula is C26H27NO4. The molecule has 0 fully saturated rings. The number of fused-ring (bicyclic) bond motifs is 1. The topological polar surface area (TPSA) is 63.9 Å². The molecule has 5 nitrogen and oxygen atoms in total. The predicted octanol–water partition coefficient (Wildman–Crippen LogP) is 4.52. The van der Waals surface area contributed by atoms with Crippen LogP contribution in [-0.4, -0.2) is 32.4 Å². The molecule has 4 rings (SSSR count). The molecule has 0 unspecified atom stereocenters. The number of benzene rings is 3. The molecule has 1 atom stereocenters. The Bertz CT molecular complexity index is 1110. The summed E-state index contributed by atoms with van der Waals surface area (Å²) in [5, 5.41) is 16.1. The highest BCUT2D eigenvalue weighted by Crippen LogP contribution is 2.33. The van der Waals surface area contributed by atoms with Crippen LogP contribution in [0.25, 0.3) is 11.0 Å². The molecule has 0 aliphatic rings. The second-order valence-electron chi connectivity index (χ2n) is 7.49. The van der Waals surface area contributed by atoms with Crippen molar-refractivity contribution in [2.75, 3.05) is 27.3 Å². The summed E-state index contributed by atoms with van der Waals surface area (Å²) in [7, 11) is 3.26. The molecule has 0 aliphatic carbocycles. The Morgan fingerprint density at radius 1 is 0.871 bits per heavy atom. The lowest BCUT2D eigenvalue weighted by molar-refractivity contribution is 0.0584. The molecule has 0 amide bonds. The summed E-state index contributed by atoms with van der Waals surface area (Å²) in [4.78, 5) is 0. The fourth-order valence-electron chi connectivity index (χ4n) is 3.77. The van der Waals surface area contributed by atoms with E-state index in [-0.39, 0.29) is 0 Å². The van der Waals surface area contributed by atoms with Gasteiger partial charge in [-0.15, -0.1) is 0 Å². The zero-order chi connectivity index (χ0) is 21.7. The molecule has 0 spiro atoms. The van der Waals surface area contributed by atoms with Crippen LogP contribution in [0.4, 0.5) is 0 Å². The second kappa shape index (κ2) is 9.25. The Balaban J connectivity index is 1.51. The lowest BCUT2D eigenvalue weighted by Crippen LogP contribution is -2.39. The van der Waals surface area contributed by atoms with Gasteiger partial charge < -0.3 is 24.3 Å². The van der Waals surface area contributed by atoms with Crippen molar-refractivity contribution in [3.63, 3.8) is 0 Å². The summed E-state index contributed by atoms with van der Waals surface area (Å²) in [6, 6.07) is 25.2. The lowest BCUT2D eigenvalue weighted by atomic mass is 9.90. The third kappa shape index (κ3) is 4.43. The van der Waals surface area contributed by atoms with Gasteiger partial charge in [0, 0.05) is 11.9 Å². The number of methoxy groups -OCH3 is 2. The van der Waals surface area contributed by atoms with E-state index < -0.39 is 5.60 Å². The van der Waals surface area contributed by atoms with Crippen molar-refractivity contribution < 1.29 is 19.0 Å². The minimum absolute atomic E-state index is 0.324. The smallest absolute Gasteiger partial charge is 0.160 e. The first-order valence-electron chi connectivity index (χ1n) is 10.3. The van der Waals surface area contributed by atoms with E-state index in [0.29, 0.717) is 30.3 Å². The SMILES string of the molecule is COc1ccc(CCNC[C@](O)(c2ccccc2)c2cc3ccccc3o2)cc1OC. The molecule has 31 heavy (non-hydrogen) atoms. The summed E-state index contributed by atoms with van der Waals surface area (Å²) in [6.45, 7) is 1.01. The van der Waals surface area contributed by atoms with E-state index in [1.165, 1.54) is 0 Å². The number of furan rings is 1. The lowest BCUT2D eigenvalue weighted by Gasteiger charge is -2.27. The van der Waals surface area contributed by atoms with Gasteiger partial charge in [0.25, 0.3) is 0 Å². The molecule has 0 saturated heterocycles. The second-order valence-corrected chi connectivity index (χ2v) is 7.49. The van der Waals surface area contributed by atoms with Gasteiger partial charge in [0.1, 0.15) is 11.3 Å². The number of nitrogens with one attached hydrogen (secondary N) is 1. The summed E-state index contributed by atoms with van der Waals surface area (Å²) in [5.41, 5.74) is 1.39. The van der Waals surface area contributed by atoms with Gasteiger partial charge in [-0.05, 0) is 48.4 Å². The van der Waals surface area contributed by atoms with E-state index in [9.17, 15) is 5.11 Å². The maximum atomic E-state index is 11.7. The third-order valence-electron chi connectivity index (χ3n) is 5.50. The monoisotopic (exact) mass is 417 g/mol. The molecule has 3 aromatic carbocycles.